The van der Waals surface area contributed by atoms with Crippen LogP contribution in [0.3, 0.4) is 0 Å². The van der Waals surface area contributed by atoms with E-state index in [1.807, 2.05) is 62.4 Å². The van der Waals surface area contributed by atoms with Crippen LogP contribution >= 0.6 is 11.8 Å². The molecule has 8 heteroatoms. The zero-order valence-corrected chi connectivity index (χ0v) is 21.1. The Labute approximate surface area is 210 Å². The Morgan fingerprint density at radius 2 is 1.91 bits per heavy atom. The van der Waals surface area contributed by atoms with E-state index in [0.29, 0.717) is 53.3 Å². The maximum Gasteiger partial charge on any atom is 0.338 e. The van der Waals surface area contributed by atoms with Crippen molar-refractivity contribution in [1.82, 2.24) is 4.90 Å². The molecule has 1 fully saturated rings. The lowest BCUT2D eigenvalue weighted by atomic mass is 9.93. The third-order valence-corrected chi connectivity index (χ3v) is 6.64. The number of amidine groups is 1. The van der Waals surface area contributed by atoms with Gasteiger partial charge < -0.3 is 14.2 Å². The molecule has 7 nitrogen and oxygen atoms in total. The first-order valence-electron chi connectivity index (χ1n) is 11.9. The topological polar surface area (TPSA) is 77.4 Å². The molecule has 2 aliphatic rings. The van der Waals surface area contributed by atoms with Gasteiger partial charge in [0.25, 0.3) is 0 Å². The smallest absolute Gasteiger partial charge is 0.338 e. The highest BCUT2D eigenvalue weighted by Gasteiger charge is 2.42. The lowest BCUT2D eigenvalue weighted by molar-refractivity contribution is -0.141. The predicted molar refractivity (Wildman–Crippen MR) is 136 cm³/mol. The second kappa shape index (κ2) is 11.4. The van der Waals surface area contributed by atoms with E-state index in [2.05, 4.69) is 4.99 Å². The summed E-state index contributed by atoms with van der Waals surface area (Å²) in [5.41, 5.74) is 2.53. The Balaban J connectivity index is 1.73. The molecule has 2 aromatic carbocycles. The maximum atomic E-state index is 13.4. The van der Waals surface area contributed by atoms with Crippen LogP contribution in [-0.2, 0) is 20.9 Å². The van der Waals surface area contributed by atoms with Gasteiger partial charge in [0.2, 0.25) is 5.91 Å². The molecule has 35 heavy (non-hydrogen) atoms. The van der Waals surface area contributed by atoms with Crippen molar-refractivity contribution in [3.05, 3.63) is 70.9 Å². The molecule has 1 saturated heterocycles. The molecule has 0 bridgehead atoms. The minimum atomic E-state index is -0.662. The molecular formula is C27H30N2O5S. The van der Waals surface area contributed by atoms with Gasteiger partial charge >= 0.3 is 5.97 Å². The quantitative estimate of drug-likeness (QED) is 0.442. The summed E-state index contributed by atoms with van der Waals surface area (Å²) < 4.78 is 17.4. The minimum absolute atomic E-state index is 0.0716. The van der Waals surface area contributed by atoms with Crippen molar-refractivity contribution in [2.24, 2.45) is 4.99 Å². The van der Waals surface area contributed by atoms with Crippen molar-refractivity contribution in [1.29, 1.82) is 0 Å². The number of thioether (sulfide) groups is 1. The van der Waals surface area contributed by atoms with Crippen LogP contribution in [0.2, 0.25) is 0 Å². The van der Waals surface area contributed by atoms with Crippen LogP contribution in [-0.4, -0.2) is 40.9 Å². The summed E-state index contributed by atoms with van der Waals surface area (Å²) in [5, 5.41) is 0.604. The van der Waals surface area contributed by atoms with Gasteiger partial charge in [0.1, 0.15) is 6.61 Å². The summed E-state index contributed by atoms with van der Waals surface area (Å²) in [6, 6.07) is 14.4. The zero-order valence-electron chi connectivity index (χ0n) is 20.3. The van der Waals surface area contributed by atoms with E-state index in [1.54, 1.807) is 11.8 Å². The number of hydrogen-bond acceptors (Lipinski definition) is 7. The molecule has 1 amide bonds. The highest BCUT2D eigenvalue weighted by molar-refractivity contribution is 8.14. The zero-order chi connectivity index (χ0) is 24.8. The van der Waals surface area contributed by atoms with Gasteiger partial charge in [-0.1, -0.05) is 55.1 Å². The molecule has 2 aliphatic heterocycles. The Morgan fingerprint density at radius 1 is 1.11 bits per heavy atom. The molecule has 4 rings (SSSR count). The van der Waals surface area contributed by atoms with E-state index in [0.717, 1.165) is 17.5 Å². The molecule has 0 unspecified atom stereocenters. The van der Waals surface area contributed by atoms with Crippen molar-refractivity contribution >= 4 is 28.8 Å². The molecule has 0 aromatic heterocycles. The molecule has 0 spiro atoms. The molecular weight excluding hydrogens is 464 g/mol. The number of benzene rings is 2. The van der Waals surface area contributed by atoms with E-state index in [-0.39, 0.29) is 12.5 Å². The van der Waals surface area contributed by atoms with Crippen LogP contribution in [0, 0.1) is 0 Å². The SMILES string of the molecule is CCCOc1ccc([C@@H]2C(C(=O)OCc3ccccc3)=C(C)N=C3SCCC(=O)N32)cc1OCC. The van der Waals surface area contributed by atoms with Gasteiger partial charge in [0, 0.05) is 12.2 Å². The molecule has 0 N–H and O–H groups in total. The maximum absolute atomic E-state index is 13.4. The summed E-state index contributed by atoms with van der Waals surface area (Å²) in [6.45, 7) is 6.90. The van der Waals surface area contributed by atoms with Crippen molar-refractivity contribution in [3.8, 4) is 11.5 Å². The lowest BCUT2D eigenvalue weighted by Crippen LogP contribution is -2.45. The van der Waals surface area contributed by atoms with E-state index < -0.39 is 12.0 Å². The number of allylic oxidation sites excluding steroid dienone is 1. The number of aliphatic imine (C=N–C) groups is 1. The predicted octanol–water partition coefficient (Wildman–Crippen LogP) is 5.27. The van der Waals surface area contributed by atoms with E-state index in [4.69, 9.17) is 14.2 Å². The second-order valence-corrected chi connectivity index (χ2v) is 9.27. The first kappa shape index (κ1) is 24.9. The summed E-state index contributed by atoms with van der Waals surface area (Å²) in [4.78, 5) is 32.7. The summed E-state index contributed by atoms with van der Waals surface area (Å²) in [7, 11) is 0. The minimum Gasteiger partial charge on any atom is -0.490 e. The number of ether oxygens (including phenoxy) is 3. The highest BCUT2D eigenvalue weighted by atomic mass is 32.2. The van der Waals surface area contributed by atoms with Crippen LogP contribution in [0.25, 0.3) is 0 Å². The van der Waals surface area contributed by atoms with Gasteiger partial charge in [-0.15, -0.1) is 0 Å². The van der Waals surface area contributed by atoms with Gasteiger partial charge in [-0.25, -0.2) is 9.79 Å². The monoisotopic (exact) mass is 494 g/mol. The molecule has 0 radical (unpaired) electrons. The number of carbonyl (C=O) groups is 2. The Morgan fingerprint density at radius 3 is 2.66 bits per heavy atom. The molecule has 0 saturated carbocycles. The van der Waals surface area contributed by atoms with Crippen LogP contribution in [0.4, 0.5) is 0 Å². The summed E-state index contributed by atoms with van der Waals surface area (Å²) >= 11 is 1.52. The Hall–Kier alpha value is -3.26. The van der Waals surface area contributed by atoms with E-state index >= 15 is 0 Å². The first-order chi connectivity index (χ1) is 17.0. The molecule has 2 aromatic rings. The van der Waals surface area contributed by atoms with Crippen molar-refractivity contribution in [2.45, 2.75) is 46.3 Å². The number of amides is 1. The molecule has 0 aliphatic carbocycles. The number of esters is 1. The van der Waals surface area contributed by atoms with Gasteiger partial charge in [-0.3, -0.25) is 9.69 Å². The fourth-order valence-corrected chi connectivity index (χ4v) is 5.07. The van der Waals surface area contributed by atoms with E-state index in [1.165, 1.54) is 11.8 Å². The summed E-state index contributed by atoms with van der Waals surface area (Å²) in [6.07, 6.45) is 1.25. The second-order valence-electron chi connectivity index (χ2n) is 8.21. The van der Waals surface area contributed by atoms with Crippen LogP contribution in [0.15, 0.2) is 64.8 Å². The van der Waals surface area contributed by atoms with Crippen molar-refractivity contribution in [2.75, 3.05) is 19.0 Å². The van der Waals surface area contributed by atoms with E-state index in [9.17, 15) is 9.59 Å². The third-order valence-electron chi connectivity index (χ3n) is 5.68. The van der Waals surface area contributed by atoms with Gasteiger partial charge in [0.15, 0.2) is 16.7 Å². The van der Waals surface area contributed by atoms with Crippen molar-refractivity contribution < 1.29 is 23.8 Å². The number of carbonyl (C=O) groups excluding carboxylic acids is 2. The average molecular weight is 495 g/mol. The third kappa shape index (κ3) is 5.53. The fraction of sp³-hybridized carbons (Fsp3) is 0.370. The molecule has 1 atom stereocenters. The summed E-state index contributed by atoms with van der Waals surface area (Å²) in [5.74, 6) is 1.31. The number of nitrogens with zero attached hydrogens (tertiary/aromatic N) is 2. The van der Waals surface area contributed by atoms with Crippen LogP contribution in [0.1, 0.15) is 50.8 Å². The number of rotatable bonds is 9. The standard InChI is InChI=1S/C27H30N2O5S/c1-4-14-33-21-12-11-20(16-22(21)32-5-2)25-24(26(31)34-17-19-9-7-6-8-10-19)18(3)28-27-29(25)23(30)13-15-35-27/h6-12,16,25H,4-5,13-15,17H2,1-3H3/t25-/m1/s1. The molecule has 184 valence electrons. The largest absolute Gasteiger partial charge is 0.490 e. The number of hydrogen-bond donors (Lipinski definition) is 0. The Bertz CT molecular complexity index is 1150. The van der Waals surface area contributed by atoms with Gasteiger partial charge in [-0.05, 0) is 43.5 Å². The highest BCUT2D eigenvalue weighted by Crippen LogP contribution is 2.42. The van der Waals surface area contributed by atoms with Crippen molar-refractivity contribution in [3.63, 3.8) is 0 Å². The van der Waals surface area contributed by atoms with Gasteiger partial charge in [-0.2, -0.15) is 0 Å². The van der Waals surface area contributed by atoms with Crippen LogP contribution < -0.4 is 9.47 Å². The first-order valence-corrected chi connectivity index (χ1v) is 12.9. The molecule has 2 heterocycles. The number of fused-ring (bicyclic) bond motifs is 1. The van der Waals surface area contributed by atoms with Gasteiger partial charge in [0.05, 0.1) is 30.5 Å². The fourth-order valence-electron chi connectivity index (χ4n) is 4.07. The average Bonchev–Trinajstić information content (AvgIpc) is 2.86. The lowest BCUT2D eigenvalue weighted by Gasteiger charge is -2.39. The van der Waals surface area contributed by atoms with Crippen LogP contribution in [0.5, 0.6) is 11.5 Å². The Kier molecular flexibility index (Phi) is 8.13. The normalized spacial score (nSPS) is 17.6.